The first kappa shape index (κ1) is 17.1. The lowest BCUT2D eigenvalue weighted by atomic mass is 9.54. The Hall–Kier alpha value is -1.06. The molecule has 6 rings (SSSR count). The maximum atomic E-state index is 5.56. The lowest BCUT2D eigenvalue weighted by Gasteiger charge is -2.58. The molecule has 1 heterocycles. The molecule has 0 amide bonds. The van der Waals surface area contributed by atoms with Crippen molar-refractivity contribution in [2.45, 2.75) is 51.6 Å². The molecule has 142 valence electrons. The first-order chi connectivity index (χ1) is 12.8. The van der Waals surface area contributed by atoms with E-state index >= 15 is 0 Å². The zero-order valence-electron chi connectivity index (χ0n) is 16.3. The molecule has 5 fully saturated rings. The second kappa shape index (κ2) is 7.16. The summed E-state index contributed by atoms with van der Waals surface area (Å²) in [5.74, 6) is 5.24. The van der Waals surface area contributed by atoms with Gasteiger partial charge < -0.3 is 4.74 Å². The van der Waals surface area contributed by atoms with Gasteiger partial charge in [-0.25, -0.2) is 0 Å². The minimum atomic E-state index is 0.742. The number of ether oxygens (including phenoxy) is 1. The Morgan fingerprint density at radius 2 is 1.46 bits per heavy atom. The molecule has 0 radical (unpaired) electrons. The number of hydrogen-bond acceptors (Lipinski definition) is 3. The molecule has 1 saturated heterocycles. The molecule has 0 unspecified atom stereocenters. The van der Waals surface area contributed by atoms with Crippen molar-refractivity contribution in [3.63, 3.8) is 0 Å². The molecule has 0 spiro atoms. The van der Waals surface area contributed by atoms with E-state index in [1.165, 1.54) is 31.7 Å². The Kier molecular flexibility index (Phi) is 4.70. The van der Waals surface area contributed by atoms with Crippen molar-refractivity contribution in [1.29, 1.82) is 0 Å². The second-order valence-corrected chi connectivity index (χ2v) is 9.31. The van der Waals surface area contributed by atoms with Crippen molar-refractivity contribution in [3.05, 3.63) is 29.8 Å². The van der Waals surface area contributed by atoms with Gasteiger partial charge >= 0.3 is 0 Å². The normalized spacial score (nSPS) is 37.2. The molecule has 0 aromatic heterocycles. The van der Waals surface area contributed by atoms with Crippen molar-refractivity contribution in [2.75, 3.05) is 32.8 Å². The van der Waals surface area contributed by atoms with E-state index in [4.69, 9.17) is 4.74 Å². The summed E-state index contributed by atoms with van der Waals surface area (Å²) in [5, 5.41) is 0. The maximum absolute atomic E-state index is 5.56. The van der Waals surface area contributed by atoms with Crippen molar-refractivity contribution < 1.29 is 4.74 Å². The first-order valence-electron chi connectivity index (χ1n) is 11.0. The lowest BCUT2D eigenvalue weighted by molar-refractivity contribution is -0.0769. The van der Waals surface area contributed by atoms with Crippen LogP contribution < -0.4 is 4.74 Å². The molecule has 0 N–H and O–H groups in total. The van der Waals surface area contributed by atoms with Gasteiger partial charge in [-0.2, -0.15) is 0 Å². The number of hydrogen-bond donors (Lipinski definition) is 0. The van der Waals surface area contributed by atoms with Gasteiger partial charge in [-0.1, -0.05) is 12.1 Å². The van der Waals surface area contributed by atoms with E-state index in [2.05, 4.69) is 34.1 Å². The van der Waals surface area contributed by atoms with Crippen LogP contribution in [0.5, 0.6) is 5.75 Å². The van der Waals surface area contributed by atoms with Crippen LogP contribution in [-0.4, -0.2) is 48.6 Å². The Labute approximate surface area is 158 Å². The third kappa shape index (κ3) is 3.29. The molecule has 4 saturated carbocycles. The highest BCUT2D eigenvalue weighted by atomic mass is 16.5. The Bertz CT molecular complexity index is 577. The number of nitrogens with zero attached hydrogens (tertiary/aromatic N) is 2. The van der Waals surface area contributed by atoms with E-state index in [-0.39, 0.29) is 0 Å². The predicted octanol–water partition coefficient (Wildman–Crippen LogP) is 4.03. The van der Waals surface area contributed by atoms with Crippen LogP contribution in [0.4, 0.5) is 0 Å². The standard InChI is InChI=1S/C23H34N2O/c1-2-26-22-5-3-17(4-6-22)16-24-7-9-25(10-8-24)23-20-12-18-11-19(14-20)15-21(23)13-18/h3-6,18-21,23H,2,7-16H2,1H3. The smallest absolute Gasteiger partial charge is 0.119 e. The van der Waals surface area contributed by atoms with E-state index in [0.717, 1.165) is 48.6 Å². The van der Waals surface area contributed by atoms with Gasteiger partial charge in [0.15, 0.2) is 0 Å². The molecule has 5 aliphatic rings. The molecule has 4 bridgehead atoms. The van der Waals surface area contributed by atoms with Gasteiger partial charge in [0.2, 0.25) is 0 Å². The van der Waals surface area contributed by atoms with Crippen LogP contribution in [0, 0.1) is 23.7 Å². The van der Waals surface area contributed by atoms with E-state index in [1.807, 2.05) is 6.92 Å². The number of rotatable bonds is 5. The third-order valence-corrected chi connectivity index (χ3v) is 7.65. The summed E-state index contributed by atoms with van der Waals surface area (Å²) in [5.41, 5.74) is 1.41. The van der Waals surface area contributed by atoms with Gasteiger partial charge in [0.25, 0.3) is 0 Å². The minimum Gasteiger partial charge on any atom is -0.494 e. The Morgan fingerprint density at radius 3 is 2.04 bits per heavy atom. The largest absolute Gasteiger partial charge is 0.494 e. The average Bonchev–Trinajstić information content (AvgIpc) is 2.64. The van der Waals surface area contributed by atoms with Crippen molar-refractivity contribution >= 4 is 0 Å². The van der Waals surface area contributed by atoms with Crippen LogP contribution in [0.25, 0.3) is 0 Å². The van der Waals surface area contributed by atoms with Gasteiger partial charge in [0.05, 0.1) is 6.61 Å². The average molecular weight is 355 g/mol. The summed E-state index contributed by atoms with van der Waals surface area (Å²) in [4.78, 5) is 5.53. The number of piperazine rings is 1. The monoisotopic (exact) mass is 354 g/mol. The summed E-state index contributed by atoms with van der Waals surface area (Å²) in [7, 11) is 0. The highest BCUT2D eigenvalue weighted by Crippen LogP contribution is 2.55. The van der Waals surface area contributed by atoms with Gasteiger partial charge in [-0.3, -0.25) is 9.80 Å². The molecule has 1 aliphatic heterocycles. The van der Waals surface area contributed by atoms with E-state index in [0.29, 0.717) is 0 Å². The van der Waals surface area contributed by atoms with E-state index in [1.54, 1.807) is 32.1 Å². The first-order valence-corrected chi connectivity index (χ1v) is 11.0. The summed E-state index contributed by atoms with van der Waals surface area (Å²) in [6.45, 7) is 8.89. The fourth-order valence-corrected chi connectivity index (χ4v) is 6.83. The molecule has 3 nitrogen and oxygen atoms in total. The quantitative estimate of drug-likeness (QED) is 0.794. The molecule has 4 aliphatic carbocycles. The Balaban J connectivity index is 1.15. The molecule has 1 aromatic rings. The van der Waals surface area contributed by atoms with E-state index < -0.39 is 0 Å². The van der Waals surface area contributed by atoms with Gasteiger partial charge in [0, 0.05) is 38.8 Å². The SMILES string of the molecule is CCOc1ccc(CN2CCN(C3C4CC5CC(C4)CC3C5)CC2)cc1. The number of benzene rings is 1. The molecule has 1 aromatic carbocycles. The van der Waals surface area contributed by atoms with Crippen LogP contribution in [0.2, 0.25) is 0 Å². The van der Waals surface area contributed by atoms with Gasteiger partial charge in [0.1, 0.15) is 5.75 Å². The molecule has 26 heavy (non-hydrogen) atoms. The zero-order valence-corrected chi connectivity index (χ0v) is 16.3. The van der Waals surface area contributed by atoms with Crippen LogP contribution >= 0.6 is 0 Å². The lowest BCUT2D eigenvalue weighted by Crippen LogP contribution is -2.60. The summed E-state index contributed by atoms with van der Waals surface area (Å²) in [6.07, 6.45) is 7.75. The van der Waals surface area contributed by atoms with Crippen LogP contribution in [0.3, 0.4) is 0 Å². The fraction of sp³-hybridized carbons (Fsp3) is 0.739. The summed E-state index contributed by atoms with van der Waals surface area (Å²) >= 11 is 0. The molecular formula is C23H34N2O. The third-order valence-electron chi connectivity index (χ3n) is 7.65. The predicted molar refractivity (Wildman–Crippen MR) is 105 cm³/mol. The summed E-state index contributed by atoms with van der Waals surface area (Å²) in [6, 6.07) is 9.62. The zero-order chi connectivity index (χ0) is 17.5. The highest BCUT2D eigenvalue weighted by molar-refractivity contribution is 5.27. The van der Waals surface area contributed by atoms with E-state index in [9.17, 15) is 0 Å². The van der Waals surface area contributed by atoms with Crippen molar-refractivity contribution in [3.8, 4) is 5.75 Å². The topological polar surface area (TPSA) is 15.7 Å². The second-order valence-electron chi connectivity index (χ2n) is 9.31. The van der Waals surface area contributed by atoms with Crippen LogP contribution in [0.15, 0.2) is 24.3 Å². The minimum absolute atomic E-state index is 0.742. The van der Waals surface area contributed by atoms with Crippen LogP contribution in [0.1, 0.15) is 44.6 Å². The Morgan fingerprint density at radius 1 is 0.846 bits per heavy atom. The van der Waals surface area contributed by atoms with Crippen molar-refractivity contribution in [2.24, 2.45) is 23.7 Å². The highest BCUT2D eigenvalue weighted by Gasteiger charge is 2.50. The van der Waals surface area contributed by atoms with Gasteiger partial charge in [-0.15, -0.1) is 0 Å². The molecular weight excluding hydrogens is 320 g/mol. The molecule has 3 heteroatoms. The maximum Gasteiger partial charge on any atom is 0.119 e. The van der Waals surface area contributed by atoms with Crippen LogP contribution in [-0.2, 0) is 6.54 Å². The molecule has 0 atom stereocenters. The van der Waals surface area contributed by atoms with Crippen molar-refractivity contribution in [1.82, 2.24) is 9.80 Å². The van der Waals surface area contributed by atoms with Gasteiger partial charge in [-0.05, 0) is 80.4 Å². The summed E-state index contributed by atoms with van der Waals surface area (Å²) < 4.78 is 5.56. The fourth-order valence-electron chi connectivity index (χ4n) is 6.83.